The minimum Gasteiger partial charge on any atom is -0.395 e. The molecule has 64 valence electrons. The number of nitrogens with zero attached hydrogens (tertiary/aromatic N) is 2. The van der Waals surface area contributed by atoms with Crippen molar-refractivity contribution in [2.75, 3.05) is 6.61 Å². The number of aliphatic hydroxyl groups is 1. The first-order chi connectivity index (χ1) is 5.80. The van der Waals surface area contributed by atoms with Gasteiger partial charge in [0.05, 0.1) is 12.8 Å². The molecule has 0 aliphatic heterocycles. The van der Waals surface area contributed by atoms with Crippen LogP contribution in [-0.4, -0.2) is 21.5 Å². The highest BCUT2D eigenvalue weighted by atomic mass is 16.3. The van der Waals surface area contributed by atoms with Gasteiger partial charge >= 0.3 is 0 Å². The van der Waals surface area contributed by atoms with Crippen LogP contribution in [0.4, 0.5) is 0 Å². The zero-order valence-electron chi connectivity index (χ0n) is 6.90. The molecule has 2 rings (SSSR count). The smallest absolute Gasteiger partial charge is 0.0532 e. The first-order valence-corrected chi connectivity index (χ1v) is 4.09. The Bertz CT molecular complexity index is 299. The van der Waals surface area contributed by atoms with Gasteiger partial charge in [0.25, 0.3) is 0 Å². The number of hydrogen-bond acceptors (Lipinski definition) is 2. The Morgan fingerprint density at radius 2 is 2.50 bits per heavy atom. The van der Waals surface area contributed by atoms with E-state index in [9.17, 15) is 0 Å². The van der Waals surface area contributed by atoms with Crippen LogP contribution in [0.2, 0.25) is 0 Å². The standard InChI is InChI=1S/C9H12N2O/c1-2-11-6-8(5-10-11)9(7-12)3-4-9/h2,5-6,12H,1,3-4,7H2. The van der Waals surface area contributed by atoms with Crippen molar-refractivity contribution < 1.29 is 5.11 Å². The second kappa shape index (κ2) is 2.45. The lowest BCUT2D eigenvalue weighted by atomic mass is 10.0. The lowest BCUT2D eigenvalue weighted by Gasteiger charge is -2.06. The summed E-state index contributed by atoms with van der Waals surface area (Å²) in [4.78, 5) is 0. The minimum absolute atomic E-state index is 0.0290. The fourth-order valence-electron chi connectivity index (χ4n) is 1.40. The van der Waals surface area contributed by atoms with Gasteiger partial charge in [0.15, 0.2) is 0 Å². The average molecular weight is 164 g/mol. The maximum atomic E-state index is 9.13. The van der Waals surface area contributed by atoms with E-state index in [0.29, 0.717) is 0 Å². The SMILES string of the molecule is C=Cn1cc(C2(CO)CC2)cn1. The normalized spacial score (nSPS) is 19.1. The van der Waals surface area contributed by atoms with Crippen LogP contribution in [0.5, 0.6) is 0 Å². The number of hydrogen-bond donors (Lipinski definition) is 1. The van der Waals surface area contributed by atoms with Crippen LogP contribution in [0.3, 0.4) is 0 Å². The molecule has 0 spiro atoms. The number of aliphatic hydroxyl groups excluding tert-OH is 1. The second-order valence-electron chi connectivity index (χ2n) is 3.33. The van der Waals surface area contributed by atoms with Crippen LogP contribution >= 0.6 is 0 Å². The van der Waals surface area contributed by atoms with Gasteiger partial charge in [-0.2, -0.15) is 5.10 Å². The Hall–Kier alpha value is -1.09. The molecule has 1 aromatic rings. The second-order valence-corrected chi connectivity index (χ2v) is 3.33. The van der Waals surface area contributed by atoms with Gasteiger partial charge in [0, 0.05) is 17.8 Å². The van der Waals surface area contributed by atoms with Crippen LogP contribution < -0.4 is 0 Å². The topological polar surface area (TPSA) is 38.0 Å². The van der Waals surface area contributed by atoms with Crippen LogP contribution in [-0.2, 0) is 5.41 Å². The molecule has 0 saturated heterocycles. The highest BCUT2D eigenvalue weighted by Gasteiger charge is 2.44. The van der Waals surface area contributed by atoms with E-state index in [-0.39, 0.29) is 12.0 Å². The van der Waals surface area contributed by atoms with E-state index in [1.165, 1.54) is 0 Å². The molecule has 0 atom stereocenters. The van der Waals surface area contributed by atoms with Crippen molar-refractivity contribution >= 4 is 6.20 Å². The van der Waals surface area contributed by atoms with Crippen molar-refractivity contribution in [3.05, 3.63) is 24.5 Å². The van der Waals surface area contributed by atoms with Gasteiger partial charge in [-0.25, -0.2) is 4.68 Å². The molecule has 0 radical (unpaired) electrons. The van der Waals surface area contributed by atoms with Gasteiger partial charge in [-0.15, -0.1) is 0 Å². The fraction of sp³-hybridized carbons (Fsp3) is 0.444. The Morgan fingerprint density at radius 1 is 1.75 bits per heavy atom. The third-order valence-electron chi connectivity index (χ3n) is 2.56. The van der Waals surface area contributed by atoms with E-state index in [4.69, 9.17) is 5.11 Å². The summed E-state index contributed by atoms with van der Waals surface area (Å²) in [5.41, 5.74) is 1.16. The van der Waals surface area contributed by atoms with Crippen LogP contribution in [0.15, 0.2) is 19.0 Å². The van der Waals surface area contributed by atoms with Crippen LogP contribution in [0.1, 0.15) is 18.4 Å². The third kappa shape index (κ3) is 0.975. The van der Waals surface area contributed by atoms with Crippen molar-refractivity contribution in [2.45, 2.75) is 18.3 Å². The predicted molar refractivity (Wildman–Crippen MR) is 46.6 cm³/mol. The molecule has 0 amide bonds. The molecule has 3 heteroatoms. The highest BCUT2D eigenvalue weighted by molar-refractivity contribution is 5.29. The molecule has 1 saturated carbocycles. The predicted octanol–water partition coefficient (Wildman–Crippen LogP) is 1.01. The molecular formula is C9H12N2O. The van der Waals surface area contributed by atoms with Crippen molar-refractivity contribution in [1.82, 2.24) is 9.78 Å². The van der Waals surface area contributed by atoms with Crippen LogP contribution in [0, 0.1) is 0 Å². The van der Waals surface area contributed by atoms with Crippen molar-refractivity contribution in [3.63, 3.8) is 0 Å². The molecule has 1 aromatic heterocycles. The summed E-state index contributed by atoms with van der Waals surface area (Å²) in [6, 6.07) is 0. The van der Waals surface area contributed by atoms with Gasteiger partial charge in [0.2, 0.25) is 0 Å². The monoisotopic (exact) mass is 164 g/mol. The van der Waals surface area contributed by atoms with E-state index in [0.717, 1.165) is 18.4 Å². The maximum Gasteiger partial charge on any atom is 0.0532 e. The number of aromatic nitrogens is 2. The molecule has 1 aliphatic rings. The summed E-state index contributed by atoms with van der Waals surface area (Å²) in [6.45, 7) is 3.84. The molecule has 1 aliphatic carbocycles. The minimum atomic E-state index is 0.0290. The highest BCUT2D eigenvalue weighted by Crippen LogP contribution is 2.47. The quantitative estimate of drug-likeness (QED) is 0.724. The first-order valence-electron chi connectivity index (χ1n) is 4.09. The molecule has 12 heavy (non-hydrogen) atoms. The maximum absolute atomic E-state index is 9.13. The molecule has 1 N–H and O–H groups in total. The Morgan fingerprint density at radius 3 is 2.92 bits per heavy atom. The zero-order chi connectivity index (χ0) is 8.60. The molecular weight excluding hydrogens is 152 g/mol. The van der Waals surface area contributed by atoms with E-state index in [2.05, 4.69) is 11.7 Å². The summed E-state index contributed by atoms with van der Waals surface area (Å²) < 4.78 is 1.67. The van der Waals surface area contributed by atoms with Crippen molar-refractivity contribution in [1.29, 1.82) is 0 Å². The lowest BCUT2D eigenvalue weighted by Crippen LogP contribution is -2.10. The van der Waals surface area contributed by atoms with E-state index in [1.807, 2.05) is 12.4 Å². The molecule has 0 aromatic carbocycles. The lowest BCUT2D eigenvalue weighted by molar-refractivity contribution is 0.255. The Labute approximate surface area is 71.3 Å². The molecule has 1 heterocycles. The van der Waals surface area contributed by atoms with Gasteiger partial charge in [0.1, 0.15) is 0 Å². The van der Waals surface area contributed by atoms with E-state index in [1.54, 1.807) is 10.9 Å². The van der Waals surface area contributed by atoms with Gasteiger partial charge < -0.3 is 5.11 Å². The third-order valence-corrected chi connectivity index (χ3v) is 2.56. The van der Waals surface area contributed by atoms with Gasteiger partial charge in [-0.1, -0.05) is 6.58 Å². The van der Waals surface area contributed by atoms with E-state index < -0.39 is 0 Å². The molecule has 0 bridgehead atoms. The largest absolute Gasteiger partial charge is 0.395 e. The molecule has 0 unspecified atom stereocenters. The fourth-order valence-corrected chi connectivity index (χ4v) is 1.40. The summed E-state index contributed by atoms with van der Waals surface area (Å²) in [5.74, 6) is 0. The molecule has 1 fully saturated rings. The Kier molecular flexibility index (Phi) is 1.54. The van der Waals surface area contributed by atoms with Crippen LogP contribution in [0.25, 0.3) is 6.20 Å². The average Bonchev–Trinajstić information content (AvgIpc) is 2.77. The molecule has 3 nitrogen and oxygen atoms in total. The van der Waals surface area contributed by atoms with Gasteiger partial charge in [-0.05, 0) is 18.4 Å². The summed E-state index contributed by atoms with van der Waals surface area (Å²) in [7, 11) is 0. The zero-order valence-corrected chi connectivity index (χ0v) is 6.90. The van der Waals surface area contributed by atoms with Crippen molar-refractivity contribution in [3.8, 4) is 0 Å². The Balaban J connectivity index is 2.28. The first kappa shape index (κ1) is 7.55. The van der Waals surface area contributed by atoms with E-state index >= 15 is 0 Å². The summed E-state index contributed by atoms with van der Waals surface area (Å²) in [5, 5.41) is 13.2. The summed E-state index contributed by atoms with van der Waals surface area (Å²) >= 11 is 0. The van der Waals surface area contributed by atoms with Crippen molar-refractivity contribution in [2.24, 2.45) is 0 Å². The summed E-state index contributed by atoms with van der Waals surface area (Å²) in [6.07, 6.45) is 7.54. The van der Waals surface area contributed by atoms with Gasteiger partial charge in [-0.3, -0.25) is 0 Å². The number of rotatable bonds is 3.